The van der Waals surface area contributed by atoms with Gasteiger partial charge in [0.05, 0.1) is 0 Å². The third-order valence-electron chi connectivity index (χ3n) is 3.52. The molecule has 1 saturated carbocycles. The lowest BCUT2D eigenvalue weighted by molar-refractivity contribution is 1.10. The zero-order valence-corrected chi connectivity index (χ0v) is 10.2. The van der Waals surface area contributed by atoms with Crippen molar-refractivity contribution in [2.75, 3.05) is 0 Å². The number of nitrogens with zero attached hydrogens (tertiary/aromatic N) is 1. The first-order chi connectivity index (χ1) is 8.38. The van der Waals surface area contributed by atoms with Gasteiger partial charge in [0.15, 0.2) is 0 Å². The highest BCUT2D eigenvalue weighted by atomic mass is 14.6. The monoisotopic (exact) mass is 223 g/mol. The molecule has 3 rings (SSSR count). The summed E-state index contributed by atoms with van der Waals surface area (Å²) >= 11 is 0. The van der Waals surface area contributed by atoms with Crippen LogP contribution in [0.25, 0.3) is 11.1 Å². The van der Waals surface area contributed by atoms with E-state index in [2.05, 4.69) is 36.2 Å². The van der Waals surface area contributed by atoms with Crippen LogP contribution >= 0.6 is 0 Å². The second-order valence-electron chi connectivity index (χ2n) is 4.79. The number of hydrogen-bond donors (Lipinski definition) is 0. The molecule has 0 atom stereocenters. The lowest BCUT2D eigenvalue weighted by atomic mass is 9.95. The van der Waals surface area contributed by atoms with Gasteiger partial charge in [0.1, 0.15) is 0 Å². The van der Waals surface area contributed by atoms with Gasteiger partial charge in [0, 0.05) is 18.0 Å². The van der Waals surface area contributed by atoms with Gasteiger partial charge in [-0.2, -0.15) is 0 Å². The zero-order valence-electron chi connectivity index (χ0n) is 10.2. The molecule has 0 amide bonds. The van der Waals surface area contributed by atoms with Crippen LogP contribution in [0.1, 0.15) is 36.8 Å². The molecule has 86 valence electrons. The topological polar surface area (TPSA) is 12.9 Å². The summed E-state index contributed by atoms with van der Waals surface area (Å²) in [6.07, 6.45) is 7.60. The van der Waals surface area contributed by atoms with Crippen molar-refractivity contribution in [1.29, 1.82) is 0 Å². The van der Waals surface area contributed by atoms with Gasteiger partial charge in [-0.15, -0.1) is 0 Å². The second kappa shape index (κ2) is 4.33. The Bertz CT molecular complexity index is 512. The Kier molecular flexibility index (Phi) is 2.68. The quantitative estimate of drug-likeness (QED) is 0.760. The maximum Gasteiger partial charge on any atom is 0.0346 e. The van der Waals surface area contributed by atoms with Crippen LogP contribution in [0, 0.1) is 0 Å². The van der Waals surface area contributed by atoms with Gasteiger partial charge < -0.3 is 0 Å². The highest BCUT2D eigenvalue weighted by molar-refractivity contribution is 5.68. The Morgan fingerprint density at radius 1 is 1.24 bits per heavy atom. The summed E-state index contributed by atoms with van der Waals surface area (Å²) in [6, 6.07) is 11.1. The van der Waals surface area contributed by atoms with Crippen LogP contribution in [0.4, 0.5) is 0 Å². The van der Waals surface area contributed by atoms with E-state index in [0.717, 1.165) is 12.3 Å². The van der Waals surface area contributed by atoms with Crippen molar-refractivity contribution in [1.82, 2.24) is 4.98 Å². The van der Waals surface area contributed by atoms with Crippen molar-refractivity contribution in [2.24, 2.45) is 0 Å². The number of aromatic nitrogens is 1. The van der Waals surface area contributed by atoms with Gasteiger partial charge >= 0.3 is 0 Å². The smallest absolute Gasteiger partial charge is 0.0346 e. The molecule has 17 heavy (non-hydrogen) atoms. The largest absolute Gasteiger partial charge is 0.264 e. The van der Waals surface area contributed by atoms with Crippen LogP contribution in [-0.2, 0) is 6.42 Å². The number of benzene rings is 1. The van der Waals surface area contributed by atoms with Crippen molar-refractivity contribution in [3.05, 3.63) is 53.9 Å². The molecule has 1 aliphatic rings. The van der Waals surface area contributed by atoms with E-state index < -0.39 is 0 Å². The Labute approximate surface area is 103 Å². The van der Waals surface area contributed by atoms with E-state index in [9.17, 15) is 0 Å². The standard InChI is InChI=1S/C16H17N/c1-2-12-5-8-15(13-6-7-13)16(10-12)14-4-3-9-17-11-14/h3-5,8-11,13H,2,6-7H2,1H3. The molecule has 0 radical (unpaired) electrons. The molecule has 1 aliphatic carbocycles. The van der Waals surface area contributed by atoms with Crippen molar-refractivity contribution in [3.8, 4) is 11.1 Å². The minimum absolute atomic E-state index is 0.788. The highest BCUT2D eigenvalue weighted by Crippen LogP contribution is 2.44. The van der Waals surface area contributed by atoms with E-state index in [0.29, 0.717) is 0 Å². The maximum atomic E-state index is 4.24. The molecule has 2 aromatic rings. The van der Waals surface area contributed by atoms with Crippen LogP contribution in [0.3, 0.4) is 0 Å². The third-order valence-corrected chi connectivity index (χ3v) is 3.52. The lowest BCUT2D eigenvalue weighted by Gasteiger charge is -2.10. The van der Waals surface area contributed by atoms with Crippen LogP contribution in [0.2, 0.25) is 0 Å². The van der Waals surface area contributed by atoms with E-state index in [1.807, 2.05) is 18.5 Å². The summed E-state index contributed by atoms with van der Waals surface area (Å²) in [4.78, 5) is 4.24. The molecular weight excluding hydrogens is 206 g/mol. The summed E-state index contributed by atoms with van der Waals surface area (Å²) in [5, 5.41) is 0. The molecule has 1 fully saturated rings. The van der Waals surface area contributed by atoms with Crippen molar-refractivity contribution < 1.29 is 0 Å². The van der Waals surface area contributed by atoms with E-state index in [4.69, 9.17) is 0 Å². The molecule has 1 nitrogen and oxygen atoms in total. The summed E-state index contributed by atoms with van der Waals surface area (Å²) in [5.41, 5.74) is 5.56. The van der Waals surface area contributed by atoms with Crippen LogP contribution < -0.4 is 0 Å². The molecule has 0 spiro atoms. The Balaban J connectivity index is 2.11. The molecule has 1 aromatic heterocycles. The number of aryl methyl sites for hydroxylation is 1. The number of hydrogen-bond acceptors (Lipinski definition) is 1. The van der Waals surface area contributed by atoms with Crippen molar-refractivity contribution in [2.45, 2.75) is 32.1 Å². The second-order valence-corrected chi connectivity index (χ2v) is 4.79. The van der Waals surface area contributed by atoms with Crippen molar-refractivity contribution >= 4 is 0 Å². The van der Waals surface area contributed by atoms with E-state index >= 15 is 0 Å². The molecule has 0 N–H and O–H groups in total. The van der Waals surface area contributed by atoms with Gasteiger partial charge in [0.25, 0.3) is 0 Å². The molecule has 1 heteroatoms. The summed E-state index contributed by atoms with van der Waals surface area (Å²) < 4.78 is 0. The average Bonchev–Trinajstić information content (AvgIpc) is 3.23. The van der Waals surface area contributed by atoms with Crippen molar-refractivity contribution in [3.63, 3.8) is 0 Å². The number of pyridine rings is 1. The molecule has 1 heterocycles. The van der Waals surface area contributed by atoms with Gasteiger partial charge in [-0.1, -0.05) is 31.2 Å². The fourth-order valence-electron chi connectivity index (χ4n) is 2.35. The van der Waals surface area contributed by atoms with Gasteiger partial charge in [-0.25, -0.2) is 0 Å². The number of rotatable bonds is 3. The lowest BCUT2D eigenvalue weighted by Crippen LogP contribution is -1.91. The van der Waals surface area contributed by atoms with Crippen LogP contribution in [0.5, 0.6) is 0 Å². The average molecular weight is 223 g/mol. The molecule has 0 bridgehead atoms. The first kappa shape index (κ1) is 10.5. The first-order valence-electron chi connectivity index (χ1n) is 6.41. The van der Waals surface area contributed by atoms with Gasteiger partial charge in [0.2, 0.25) is 0 Å². The Morgan fingerprint density at radius 2 is 2.12 bits per heavy atom. The fraction of sp³-hybridized carbons (Fsp3) is 0.312. The normalized spacial score (nSPS) is 14.9. The van der Waals surface area contributed by atoms with Crippen LogP contribution in [0.15, 0.2) is 42.7 Å². The van der Waals surface area contributed by atoms with Crippen LogP contribution in [-0.4, -0.2) is 4.98 Å². The fourth-order valence-corrected chi connectivity index (χ4v) is 2.35. The van der Waals surface area contributed by atoms with E-state index in [1.165, 1.54) is 35.1 Å². The minimum Gasteiger partial charge on any atom is -0.264 e. The molecule has 0 unspecified atom stereocenters. The van der Waals surface area contributed by atoms with E-state index in [-0.39, 0.29) is 0 Å². The summed E-state index contributed by atoms with van der Waals surface area (Å²) in [6.45, 7) is 2.21. The summed E-state index contributed by atoms with van der Waals surface area (Å²) in [7, 11) is 0. The zero-order chi connectivity index (χ0) is 11.7. The SMILES string of the molecule is CCc1ccc(C2CC2)c(-c2cccnc2)c1. The predicted octanol–water partition coefficient (Wildman–Crippen LogP) is 4.19. The Morgan fingerprint density at radius 3 is 2.76 bits per heavy atom. The van der Waals surface area contributed by atoms with E-state index in [1.54, 1.807) is 0 Å². The van der Waals surface area contributed by atoms with Gasteiger partial charge in [-0.3, -0.25) is 4.98 Å². The molecular formula is C16H17N. The summed E-state index contributed by atoms with van der Waals surface area (Å²) in [5.74, 6) is 0.788. The van der Waals surface area contributed by atoms with Gasteiger partial charge in [-0.05, 0) is 47.9 Å². The molecule has 0 aliphatic heterocycles. The molecule has 0 saturated heterocycles. The Hall–Kier alpha value is -1.63. The predicted molar refractivity (Wildman–Crippen MR) is 71.0 cm³/mol. The maximum absolute atomic E-state index is 4.24. The molecule has 1 aromatic carbocycles. The first-order valence-corrected chi connectivity index (χ1v) is 6.41. The third kappa shape index (κ3) is 2.10. The highest BCUT2D eigenvalue weighted by Gasteiger charge is 2.26. The minimum atomic E-state index is 0.788.